The Morgan fingerprint density at radius 2 is 1.49 bits per heavy atom. The van der Waals surface area contributed by atoms with E-state index in [2.05, 4.69) is 10.3 Å². The smallest absolute Gasteiger partial charge is 0.258 e. The minimum Gasteiger partial charge on any atom is -0.345 e. The van der Waals surface area contributed by atoms with Crippen LogP contribution in [0.5, 0.6) is 0 Å². The molecule has 2 heterocycles. The Labute approximate surface area is 244 Å². The Balaban J connectivity index is 0.00000302. The zero-order chi connectivity index (χ0) is 27.1. The fraction of sp³-hybridized carbons (Fsp3) is 0.147. The van der Waals surface area contributed by atoms with Gasteiger partial charge in [-0.2, -0.15) is 0 Å². The van der Waals surface area contributed by atoms with Crippen LogP contribution >= 0.6 is 12.4 Å². The van der Waals surface area contributed by atoms with Crippen LogP contribution in [0.3, 0.4) is 0 Å². The van der Waals surface area contributed by atoms with Gasteiger partial charge in [-0.15, -0.1) is 12.4 Å². The Kier molecular flexibility index (Phi) is 7.16. The number of nitrogens with one attached hydrogen (secondary N) is 2. The van der Waals surface area contributed by atoms with Crippen LogP contribution in [0.2, 0.25) is 0 Å². The SMILES string of the molecule is Cl.O=C(Nc1ccc(C(=O)N2CCc3[nH]c(C4CC4)nc3-c3ccccc32)cc1)c1ccccc1-c1ccccc1. The van der Waals surface area contributed by atoms with Gasteiger partial charge in [0.05, 0.1) is 11.4 Å². The summed E-state index contributed by atoms with van der Waals surface area (Å²) in [6.07, 6.45) is 3.09. The fourth-order valence-corrected chi connectivity index (χ4v) is 5.45. The number of hydrogen-bond donors (Lipinski definition) is 2. The van der Waals surface area contributed by atoms with E-state index < -0.39 is 0 Å². The van der Waals surface area contributed by atoms with Crippen LogP contribution in [-0.4, -0.2) is 28.3 Å². The summed E-state index contributed by atoms with van der Waals surface area (Å²) in [6, 6.07) is 32.5. The molecule has 1 aromatic heterocycles. The molecule has 5 aromatic rings. The number of carbonyl (C=O) groups excluding carboxylic acids is 2. The highest BCUT2D eigenvalue weighted by Gasteiger charge is 2.31. The van der Waals surface area contributed by atoms with E-state index in [1.165, 1.54) is 12.8 Å². The van der Waals surface area contributed by atoms with Gasteiger partial charge in [0, 0.05) is 47.0 Å². The van der Waals surface area contributed by atoms with Gasteiger partial charge in [-0.05, 0) is 60.4 Å². The Hall–Kier alpha value is -4.68. The highest BCUT2D eigenvalue weighted by molar-refractivity contribution is 6.10. The highest BCUT2D eigenvalue weighted by Crippen LogP contribution is 2.42. The molecule has 1 saturated carbocycles. The Bertz CT molecular complexity index is 1730. The third-order valence-electron chi connectivity index (χ3n) is 7.69. The summed E-state index contributed by atoms with van der Waals surface area (Å²) in [4.78, 5) is 37.3. The van der Waals surface area contributed by atoms with Crippen LogP contribution in [0.1, 0.15) is 51.0 Å². The van der Waals surface area contributed by atoms with Crippen LogP contribution < -0.4 is 10.2 Å². The molecular formula is C34H29ClN4O2. The molecule has 0 spiro atoms. The lowest BCUT2D eigenvalue weighted by atomic mass is 9.99. The lowest BCUT2D eigenvalue weighted by molar-refractivity contribution is 0.0986. The monoisotopic (exact) mass is 560 g/mol. The summed E-state index contributed by atoms with van der Waals surface area (Å²) in [7, 11) is 0. The number of rotatable bonds is 5. The molecule has 1 aliphatic heterocycles. The molecule has 7 rings (SSSR count). The topological polar surface area (TPSA) is 78.1 Å². The predicted molar refractivity (Wildman–Crippen MR) is 165 cm³/mol. The molecule has 2 N–H and O–H groups in total. The largest absolute Gasteiger partial charge is 0.345 e. The third kappa shape index (κ3) is 5.14. The van der Waals surface area contributed by atoms with E-state index in [1.54, 1.807) is 24.3 Å². The first-order valence-electron chi connectivity index (χ1n) is 13.7. The predicted octanol–water partition coefficient (Wildman–Crippen LogP) is 7.50. The number of benzene rings is 4. The third-order valence-corrected chi connectivity index (χ3v) is 7.69. The van der Waals surface area contributed by atoms with Crippen molar-refractivity contribution in [1.29, 1.82) is 0 Å². The van der Waals surface area contributed by atoms with Gasteiger partial charge in [-0.25, -0.2) is 4.98 Å². The van der Waals surface area contributed by atoms with Crippen molar-refractivity contribution in [2.24, 2.45) is 0 Å². The number of imidazole rings is 1. The van der Waals surface area contributed by atoms with Crippen LogP contribution in [0.4, 0.5) is 11.4 Å². The highest BCUT2D eigenvalue weighted by atomic mass is 35.5. The molecule has 4 aromatic carbocycles. The van der Waals surface area contributed by atoms with Crippen molar-refractivity contribution in [2.75, 3.05) is 16.8 Å². The average molecular weight is 561 g/mol. The fourth-order valence-electron chi connectivity index (χ4n) is 5.45. The first-order valence-corrected chi connectivity index (χ1v) is 13.7. The van der Waals surface area contributed by atoms with Gasteiger partial charge in [-0.3, -0.25) is 9.59 Å². The van der Waals surface area contributed by atoms with E-state index in [1.807, 2.05) is 83.8 Å². The second kappa shape index (κ2) is 11.1. The summed E-state index contributed by atoms with van der Waals surface area (Å²) in [6.45, 7) is 0.559. The number of hydrogen-bond acceptors (Lipinski definition) is 3. The van der Waals surface area contributed by atoms with Crippen molar-refractivity contribution < 1.29 is 9.59 Å². The average Bonchev–Trinajstić information content (AvgIpc) is 3.80. The van der Waals surface area contributed by atoms with E-state index in [4.69, 9.17) is 4.98 Å². The number of anilines is 2. The first kappa shape index (κ1) is 26.5. The normalized spacial score (nSPS) is 13.8. The minimum atomic E-state index is -0.195. The molecular weight excluding hydrogens is 532 g/mol. The number of H-pyrrole nitrogens is 1. The molecule has 0 bridgehead atoms. The number of halogens is 1. The zero-order valence-electron chi connectivity index (χ0n) is 22.3. The lowest BCUT2D eigenvalue weighted by Crippen LogP contribution is -2.32. The quantitative estimate of drug-likeness (QED) is 0.234. The van der Waals surface area contributed by atoms with Gasteiger partial charge in [0.1, 0.15) is 5.82 Å². The summed E-state index contributed by atoms with van der Waals surface area (Å²) in [5, 5.41) is 2.99. The van der Waals surface area contributed by atoms with Crippen molar-refractivity contribution in [3.63, 3.8) is 0 Å². The molecule has 0 unspecified atom stereocenters. The number of nitrogens with zero attached hydrogens (tertiary/aromatic N) is 2. The van der Waals surface area contributed by atoms with Gasteiger partial charge in [-0.1, -0.05) is 66.7 Å². The molecule has 204 valence electrons. The number of aromatic amines is 1. The maximum absolute atomic E-state index is 13.7. The van der Waals surface area contributed by atoms with Crippen molar-refractivity contribution in [1.82, 2.24) is 9.97 Å². The number of aromatic nitrogens is 2. The van der Waals surface area contributed by atoms with E-state index >= 15 is 0 Å². The Morgan fingerprint density at radius 1 is 0.805 bits per heavy atom. The van der Waals surface area contributed by atoms with E-state index in [0.29, 0.717) is 35.7 Å². The molecule has 2 amide bonds. The second-order valence-corrected chi connectivity index (χ2v) is 10.4. The molecule has 0 radical (unpaired) electrons. The first-order chi connectivity index (χ1) is 19.7. The van der Waals surface area contributed by atoms with Gasteiger partial charge < -0.3 is 15.2 Å². The van der Waals surface area contributed by atoms with Crippen molar-refractivity contribution in [3.05, 3.63) is 126 Å². The van der Waals surface area contributed by atoms with E-state index in [0.717, 1.165) is 39.6 Å². The molecule has 2 aliphatic rings. The molecule has 1 fully saturated rings. The van der Waals surface area contributed by atoms with Crippen LogP contribution in [0.25, 0.3) is 22.4 Å². The molecule has 41 heavy (non-hydrogen) atoms. The second-order valence-electron chi connectivity index (χ2n) is 10.4. The van der Waals surface area contributed by atoms with E-state index in [-0.39, 0.29) is 24.2 Å². The van der Waals surface area contributed by atoms with Crippen molar-refractivity contribution in [3.8, 4) is 22.4 Å². The molecule has 7 heteroatoms. The number of fused-ring (bicyclic) bond motifs is 3. The summed E-state index contributed by atoms with van der Waals surface area (Å²) in [5.41, 5.74) is 7.55. The molecule has 0 atom stereocenters. The lowest BCUT2D eigenvalue weighted by Gasteiger charge is -2.23. The van der Waals surface area contributed by atoms with Gasteiger partial charge >= 0.3 is 0 Å². The van der Waals surface area contributed by atoms with Gasteiger partial charge in [0.2, 0.25) is 0 Å². The van der Waals surface area contributed by atoms with Crippen molar-refractivity contribution in [2.45, 2.75) is 25.2 Å². The maximum Gasteiger partial charge on any atom is 0.258 e. The standard InChI is InChI=1S/C34H28N4O2.ClH/c39-33(27-11-5-4-10-26(27)22-8-2-1-3-9-22)35-25-18-16-24(17-19-25)34(40)38-21-20-29-31(28-12-6-7-13-30(28)38)37-32(36-29)23-14-15-23;/h1-13,16-19,23H,14-15,20-21H2,(H,35,39)(H,36,37);1H. The van der Waals surface area contributed by atoms with Crippen LogP contribution in [0.15, 0.2) is 103 Å². The van der Waals surface area contributed by atoms with Crippen molar-refractivity contribution >= 4 is 35.6 Å². The van der Waals surface area contributed by atoms with Crippen LogP contribution in [0, 0.1) is 0 Å². The van der Waals surface area contributed by atoms with E-state index in [9.17, 15) is 9.59 Å². The van der Waals surface area contributed by atoms with Gasteiger partial charge in [0.15, 0.2) is 0 Å². The summed E-state index contributed by atoms with van der Waals surface area (Å²) < 4.78 is 0. The Morgan fingerprint density at radius 3 is 2.24 bits per heavy atom. The number of para-hydroxylation sites is 1. The molecule has 0 saturated heterocycles. The maximum atomic E-state index is 13.7. The summed E-state index contributed by atoms with van der Waals surface area (Å²) in [5.74, 6) is 1.35. The summed E-state index contributed by atoms with van der Waals surface area (Å²) >= 11 is 0. The van der Waals surface area contributed by atoms with Crippen LogP contribution in [-0.2, 0) is 6.42 Å². The number of carbonyl (C=O) groups is 2. The van der Waals surface area contributed by atoms with Gasteiger partial charge in [0.25, 0.3) is 11.8 Å². The molecule has 1 aliphatic carbocycles. The number of amides is 2. The molecule has 6 nitrogen and oxygen atoms in total. The zero-order valence-corrected chi connectivity index (χ0v) is 23.2. The minimum absolute atomic E-state index is 0.